The number of amides is 3. The second kappa shape index (κ2) is 10.4. The second-order valence-electron chi connectivity index (χ2n) is 8.49. The summed E-state index contributed by atoms with van der Waals surface area (Å²) in [4.78, 5) is 40.2. The fourth-order valence-corrected chi connectivity index (χ4v) is 4.14. The Morgan fingerprint density at radius 3 is 2.38 bits per heavy atom. The first-order chi connectivity index (χ1) is 15.3. The lowest BCUT2D eigenvalue weighted by atomic mass is 9.87. The molecule has 0 radical (unpaired) electrons. The van der Waals surface area contributed by atoms with Crippen LogP contribution in [0.1, 0.15) is 36.0 Å². The molecule has 2 atom stereocenters. The van der Waals surface area contributed by atoms with Crippen molar-refractivity contribution < 1.29 is 18.8 Å². The molecule has 6 nitrogen and oxygen atoms in total. The minimum Gasteiger partial charge on any atom is -0.352 e. The van der Waals surface area contributed by atoms with Crippen molar-refractivity contribution in [1.82, 2.24) is 15.1 Å². The van der Waals surface area contributed by atoms with Gasteiger partial charge in [-0.05, 0) is 29.2 Å². The zero-order valence-corrected chi connectivity index (χ0v) is 18.8. The van der Waals surface area contributed by atoms with Crippen molar-refractivity contribution in [3.05, 3.63) is 71.0 Å². The summed E-state index contributed by atoms with van der Waals surface area (Å²) in [6, 6.07) is 14.3. The smallest absolute Gasteiger partial charge is 0.227 e. The number of halogens is 1. The number of hydrogen-bond donors (Lipinski definition) is 1. The van der Waals surface area contributed by atoms with Crippen LogP contribution in [-0.4, -0.2) is 54.7 Å². The molecule has 0 aromatic heterocycles. The van der Waals surface area contributed by atoms with E-state index in [0.29, 0.717) is 31.6 Å². The lowest BCUT2D eigenvalue weighted by Gasteiger charge is -2.21. The van der Waals surface area contributed by atoms with Gasteiger partial charge in [-0.1, -0.05) is 42.5 Å². The molecule has 1 aliphatic heterocycles. The van der Waals surface area contributed by atoms with E-state index in [2.05, 4.69) is 5.32 Å². The zero-order valence-electron chi connectivity index (χ0n) is 18.8. The largest absolute Gasteiger partial charge is 0.352 e. The van der Waals surface area contributed by atoms with E-state index in [-0.39, 0.29) is 41.8 Å². The Morgan fingerprint density at radius 2 is 1.75 bits per heavy atom. The molecule has 0 bridgehead atoms. The lowest BCUT2D eigenvalue weighted by Crippen LogP contribution is -2.35. The molecule has 3 amide bonds. The predicted molar refractivity (Wildman–Crippen MR) is 120 cm³/mol. The van der Waals surface area contributed by atoms with Crippen LogP contribution in [-0.2, 0) is 27.3 Å². The quantitative estimate of drug-likeness (QED) is 0.721. The van der Waals surface area contributed by atoms with Gasteiger partial charge in [0.15, 0.2) is 0 Å². The number of benzene rings is 2. The van der Waals surface area contributed by atoms with Crippen LogP contribution in [0.15, 0.2) is 48.5 Å². The van der Waals surface area contributed by atoms with Crippen LogP contribution in [0.25, 0.3) is 0 Å². The Labute approximate surface area is 188 Å². The van der Waals surface area contributed by atoms with E-state index in [4.69, 9.17) is 0 Å². The molecule has 0 aliphatic carbocycles. The highest BCUT2D eigenvalue weighted by Crippen LogP contribution is 2.34. The summed E-state index contributed by atoms with van der Waals surface area (Å²) in [6.45, 7) is 2.72. The second-order valence-corrected chi connectivity index (χ2v) is 8.49. The molecule has 32 heavy (non-hydrogen) atoms. The van der Waals surface area contributed by atoms with Crippen molar-refractivity contribution in [2.45, 2.75) is 32.2 Å². The Morgan fingerprint density at radius 1 is 1.06 bits per heavy atom. The lowest BCUT2D eigenvalue weighted by molar-refractivity contribution is -0.133. The molecule has 0 spiro atoms. The molecule has 1 heterocycles. The number of rotatable bonds is 7. The van der Waals surface area contributed by atoms with Crippen molar-refractivity contribution in [3.63, 3.8) is 0 Å². The Bertz CT molecular complexity index is 975. The van der Waals surface area contributed by atoms with Crippen LogP contribution >= 0.6 is 0 Å². The molecule has 2 aromatic rings. The number of aryl methyl sites for hydroxylation is 1. The number of hydrogen-bond acceptors (Lipinski definition) is 3. The molecule has 0 saturated carbocycles. The topological polar surface area (TPSA) is 69.7 Å². The highest BCUT2D eigenvalue weighted by molar-refractivity contribution is 5.83. The van der Waals surface area contributed by atoms with E-state index < -0.39 is 0 Å². The van der Waals surface area contributed by atoms with Crippen LogP contribution in [0.5, 0.6) is 0 Å². The molecule has 1 fully saturated rings. The molecule has 170 valence electrons. The highest BCUT2D eigenvalue weighted by atomic mass is 19.1. The number of likely N-dealkylation sites (tertiary alicyclic amines) is 1. The molecule has 1 saturated heterocycles. The van der Waals surface area contributed by atoms with Gasteiger partial charge in [0.05, 0.1) is 5.92 Å². The third kappa shape index (κ3) is 5.72. The third-order valence-corrected chi connectivity index (χ3v) is 5.95. The molecule has 0 unspecified atom stereocenters. The summed E-state index contributed by atoms with van der Waals surface area (Å²) in [6.07, 6.45) is 0.531. The summed E-state index contributed by atoms with van der Waals surface area (Å²) in [5.74, 6) is -0.928. The van der Waals surface area contributed by atoms with Gasteiger partial charge in [0, 0.05) is 53.0 Å². The molecular formula is C25H30FN3O3. The minimum absolute atomic E-state index is 0.0123. The fourth-order valence-electron chi connectivity index (χ4n) is 4.14. The third-order valence-electron chi connectivity index (χ3n) is 5.95. The highest BCUT2D eigenvalue weighted by Gasteiger charge is 2.40. The molecule has 1 N–H and O–H groups in total. The summed E-state index contributed by atoms with van der Waals surface area (Å²) in [5, 5.41) is 2.77. The van der Waals surface area contributed by atoms with E-state index in [1.54, 1.807) is 42.1 Å². The van der Waals surface area contributed by atoms with Gasteiger partial charge in [-0.25, -0.2) is 4.39 Å². The number of nitrogens with zero attached hydrogens (tertiary/aromatic N) is 2. The summed E-state index contributed by atoms with van der Waals surface area (Å²) < 4.78 is 13.9. The van der Waals surface area contributed by atoms with Gasteiger partial charge >= 0.3 is 0 Å². The van der Waals surface area contributed by atoms with E-state index >= 15 is 0 Å². The average Bonchev–Trinajstić information content (AvgIpc) is 3.22. The van der Waals surface area contributed by atoms with Crippen LogP contribution in [0, 0.1) is 11.7 Å². The van der Waals surface area contributed by atoms with E-state index in [1.165, 1.54) is 13.0 Å². The number of carbonyl (C=O) groups is 3. The molecular weight excluding hydrogens is 409 g/mol. The molecule has 3 rings (SSSR count). The Balaban J connectivity index is 1.71. The van der Waals surface area contributed by atoms with Crippen molar-refractivity contribution in [1.29, 1.82) is 0 Å². The van der Waals surface area contributed by atoms with Crippen LogP contribution in [0.2, 0.25) is 0 Å². The first-order valence-corrected chi connectivity index (χ1v) is 10.8. The summed E-state index contributed by atoms with van der Waals surface area (Å²) in [7, 11) is 3.44. The van der Waals surface area contributed by atoms with Gasteiger partial charge in [-0.2, -0.15) is 0 Å². The fraction of sp³-hybridized carbons (Fsp3) is 0.400. The van der Waals surface area contributed by atoms with Gasteiger partial charge in [-0.3, -0.25) is 14.4 Å². The minimum atomic E-state index is -0.330. The van der Waals surface area contributed by atoms with Crippen molar-refractivity contribution >= 4 is 17.7 Å². The van der Waals surface area contributed by atoms with Crippen LogP contribution in [0.3, 0.4) is 0 Å². The van der Waals surface area contributed by atoms with Crippen molar-refractivity contribution in [2.24, 2.45) is 5.92 Å². The maximum absolute atomic E-state index is 13.9. The Hall–Kier alpha value is -3.22. The van der Waals surface area contributed by atoms with Gasteiger partial charge < -0.3 is 15.1 Å². The monoisotopic (exact) mass is 439 g/mol. The van der Waals surface area contributed by atoms with Gasteiger partial charge in [0.25, 0.3) is 0 Å². The van der Waals surface area contributed by atoms with E-state index in [1.807, 2.05) is 24.3 Å². The average molecular weight is 440 g/mol. The number of carbonyl (C=O) groups excluding carboxylic acids is 3. The number of nitrogens with one attached hydrogen (secondary N) is 1. The van der Waals surface area contributed by atoms with E-state index in [9.17, 15) is 18.8 Å². The first kappa shape index (κ1) is 23.4. The van der Waals surface area contributed by atoms with E-state index in [0.717, 1.165) is 11.1 Å². The summed E-state index contributed by atoms with van der Waals surface area (Å²) in [5.41, 5.74) is 2.48. The standard InChI is InChI=1S/C25H30FN3O3/c1-17(30)27-14-18-8-10-19(11-9-18)21-15-29(16-22(21)25(32)28(2)3)24(31)13-12-20-6-4-5-7-23(20)26/h4-11,21-22H,12-16H2,1-3H3,(H,27,30)/t21-,22+/m1/s1. The van der Waals surface area contributed by atoms with Crippen molar-refractivity contribution in [2.75, 3.05) is 27.2 Å². The maximum atomic E-state index is 13.9. The van der Waals surface area contributed by atoms with Crippen LogP contribution < -0.4 is 5.32 Å². The van der Waals surface area contributed by atoms with Gasteiger partial charge in [0.1, 0.15) is 5.82 Å². The molecule has 2 aromatic carbocycles. The maximum Gasteiger partial charge on any atom is 0.227 e. The predicted octanol–water partition coefficient (Wildman–Crippen LogP) is 2.72. The summed E-state index contributed by atoms with van der Waals surface area (Å²) >= 11 is 0. The van der Waals surface area contributed by atoms with Crippen molar-refractivity contribution in [3.8, 4) is 0 Å². The first-order valence-electron chi connectivity index (χ1n) is 10.8. The molecule has 1 aliphatic rings. The normalized spacial score (nSPS) is 17.8. The van der Waals surface area contributed by atoms with Gasteiger partial charge in [-0.15, -0.1) is 0 Å². The Kier molecular flexibility index (Phi) is 7.62. The zero-order chi connectivity index (χ0) is 23.3. The van der Waals surface area contributed by atoms with Crippen LogP contribution in [0.4, 0.5) is 4.39 Å². The molecule has 7 heteroatoms. The SMILES string of the molecule is CC(=O)NCc1ccc([C@H]2CN(C(=O)CCc3ccccc3F)C[C@@H]2C(=O)N(C)C)cc1. The van der Waals surface area contributed by atoms with Gasteiger partial charge in [0.2, 0.25) is 17.7 Å².